The van der Waals surface area contributed by atoms with Crippen molar-refractivity contribution >= 4 is 51.5 Å². The molecular weight excluding hydrogens is 568 g/mol. The van der Waals surface area contributed by atoms with Crippen molar-refractivity contribution in [3.63, 3.8) is 0 Å². The molecule has 2 N–H and O–H groups in total. The molecule has 2 aromatic rings. The van der Waals surface area contributed by atoms with Crippen molar-refractivity contribution in [1.82, 2.24) is 9.97 Å². The Balaban J connectivity index is 0.000000850. The van der Waals surface area contributed by atoms with Gasteiger partial charge in [0.1, 0.15) is 11.6 Å². The van der Waals surface area contributed by atoms with Crippen LogP contribution in [0.3, 0.4) is 0 Å². The van der Waals surface area contributed by atoms with Crippen molar-refractivity contribution in [2.75, 3.05) is 64.4 Å². The average molecular weight is 612 g/mol. The van der Waals surface area contributed by atoms with Crippen molar-refractivity contribution in [3.8, 4) is 0 Å². The van der Waals surface area contributed by atoms with Gasteiger partial charge in [-0.15, -0.1) is 0 Å². The Morgan fingerprint density at radius 2 is 1.85 bits per heavy atom. The quantitative estimate of drug-likeness (QED) is 0.246. The normalized spacial score (nSPS) is 18.9. The van der Waals surface area contributed by atoms with Gasteiger partial charge in [-0.3, -0.25) is 9.59 Å². The van der Waals surface area contributed by atoms with Gasteiger partial charge in [0.2, 0.25) is 5.92 Å². The summed E-state index contributed by atoms with van der Waals surface area (Å²) < 4.78 is 34.8. The Labute approximate surface area is 248 Å². The van der Waals surface area contributed by atoms with Gasteiger partial charge >= 0.3 is 0 Å². The lowest BCUT2D eigenvalue weighted by atomic mass is 9.86. The van der Waals surface area contributed by atoms with Crippen LogP contribution in [0.25, 0.3) is 0 Å². The first-order chi connectivity index (χ1) is 19.5. The Morgan fingerprint density at radius 1 is 1.17 bits per heavy atom. The van der Waals surface area contributed by atoms with Crippen LogP contribution in [-0.2, 0) is 9.53 Å². The molecule has 1 aromatic carbocycles. The lowest BCUT2D eigenvalue weighted by Crippen LogP contribution is -2.39. The Hall–Kier alpha value is -2.60. The molecule has 2 fully saturated rings. The van der Waals surface area contributed by atoms with Crippen LogP contribution in [0.4, 0.5) is 26.0 Å². The lowest BCUT2D eigenvalue weighted by Gasteiger charge is -2.42. The van der Waals surface area contributed by atoms with E-state index >= 15 is 0 Å². The minimum absolute atomic E-state index is 0.114. The number of carbonyl (C=O) groups excluding carboxylic acids is 2. The number of alkyl halides is 2. The molecule has 1 saturated carbocycles. The van der Waals surface area contributed by atoms with Crippen LogP contribution in [0, 0.1) is 6.92 Å². The fraction of sp³-hybridized carbons (Fsp3) is 0.586. The van der Waals surface area contributed by atoms with E-state index < -0.39 is 16.0 Å². The van der Waals surface area contributed by atoms with Gasteiger partial charge in [0, 0.05) is 55.0 Å². The number of halogens is 2. The fourth-order valence-electron chi connectivity index (χ4n) is 4.76. The van der Waals surface area contributed by atoms with Crippen molar-refractivity contribution in [1.29, 1.82) is 0 Å². The summed E-state index contributed by atoms with van der Waals surface area (Å²) in [5.41, 5.74) is 3.21. The van der Waals surface area contributed by atoms with Crippen LogP contribution in [0.15, 0.2) is 24.3 Å². The predicted molar refractivity (Wildman–Crippen MR) is 168 cm³/mol. The fourth-order valence-corrected chi connectivity index (χ4v) is 6.83. The second-order valence-corrected chi connectivity index (χ2v) is 16.2. The third-order valence-corrected chi connectivity index (χ3v) is 10.4. The zero-order chi connectivity index (χ0) is 30.0. The maximum absolute atomic E-state index is 13.6. The number of hydrogen-bond acceptors (Lipinski definition) is 8. The second kappa shape index (κ2) is 15.0. The Morgan fingerprint density at radius 3 is 2.44 bits per heavy atom. The first-order valence-electron chi connectivity index (χ1n) is 14.0. The van der Waals surface area contributed by atoms with Crippen LogP contribution < -0.4 is 14.9 Å². The van der Waals surface area contributed by atoms with Crippen molar-refractivity contribution in [3.05, 3.63) is 41.3 Å². The molecule has 1 aromatic heterocycles. The molecule has 1 saturated heterocycles. The number of rotatable bonds is 9. The van der Waals surface area contributed by atoms with E-state index in [1.165, 1.54) is 0 Å². The number of nitrogens with zero attached hydrogens (tertiary/aromatic N) is 3. The molecule has 0 spiro atoms. The molecule has 2 heterocycles. The molecule has 4 rings (SSSR count). The van der Waals surface area contributed by atoms with Crippen LogP contribution in [0.2, 0.25) is 0 Å². The molecule has 0 unspecified atom stereocenters. The van der Waals surface area contributed by atoms with E-state index in [4.69, 9.17) is 0 Å². The van der Waals surface area contributed by atoms with Crippen LogP contribution in [0.5, 0.6) is 0 Å². The molecule has 8 nitrogen and oxygen atoms in total. The number of benzene rings is 1. The maximum atomic E-state index is 13.6. The maximum Gasteiger partial charge on any atom is 0.293 e. The Kier molecular flexibility index (Phi) is 12.1. The van der Waals surface area contributed by atoms with Gasteiger partial charge in [0.05, 0.1) is 17.9 Å². The van der Waals surface area contributed by atoms with Gasteiger partial charge in [0.25, 0.3) is 12.4 Å². The molecule has 2 aliphatic rings. The molecule has 0 bridgehead atoms. The number of amides is 1. The molecule has 1 aliphatic heterocycles. The lowest BCUT2D eigenvalue weighted by molar-refractivity contribution is -0.128. The van der Waals surface area contributed by atoms with Crippen LogP contribution in [0.1, 0.15) is 67.3 Å². The first-order valence-corrected chi connectivity index (χ1v) is 17.8. The zero-order valence-corrected chi connectivity index (χ0v) is 26.3. The van der Waals surface area contributed by atoms with E-state index in [0.29, 0.717) is 48.8 Å². The number of anilines is 3. The number of aryl methyl sites for hydroxylation is 1. The summed E-state index contributed by atoms with van der Waals surface area (Å²) >= 11 is 1.62. The van der Waals surface area contributed by atoms with Crippen molar-refractivity contribution in [2.45, 2.75) is 58.3 Å². The van der Waals surface area contributed by atoms with Gasteiger partial charge in [-0.2, -0.15) is 0 Å². The third kappa shape index (κ3) is 10.0. The summed E-state index contributed by atoms with van der Waals surface area (Å²) in [6.07, 6.45) is 5.15. The minimum atomic E-state index is -2.60. The van der Waals surface area contributed by atoms with Gasteiger partial charge in [-0.25, -0.2) is 28.8 Å². The zero-order valence-electron chi connectivity index (χ0n) is 24.7. The Bertz CT molecular complexity index is 1170. The van der Waals surface area contributed by atoms with E-state index in [-0.39, 0.29) is 24.7 Å². The van der Waals surface area contributed by atoms with E-state index in [9.17, 15) is 18.4 Å². The van der Waals surface area contributed by atoms with Gasteiger partial charge in [0.15, 0.2) is 0 Å². The molecular formula is C29H43F2N5O3S2. The highest BCUT2D eigenvalue weighted by atomic mass is 32.3. The molecule has 41 heavy (non-hydrogen) atoms. The van der Waals surface area contributed by atoms with Crippen LogP contribution >= 0.6 is 22.0 Å². The number of aromatic nitrogens is 2. The molecule has 0 radical (unpaired) electrons. The topological polar surface area (TPSA) is 96.4 Å². The largest absolute Gasteiger partial charge is 0.468 e. The van der Waals surface area contributed by atoms with Crippen molar-refractivity contribution < 1.29 is 23.1 Å². The summed E-state index contributed by atoms with van der Waals surface area (Å²) in [4.78, 5) is 34.1. The number of carbonyl (C=O) groups is 2. The first kappa shape index (κ1) is 32.9. The molecule has 1 amide bonds. The van der Waals surface area contributed by atoms with E-state index in [0.717, 1.165) is 41.7 Å². The third-order valence-electron chi connectivity index (χ3n) is 7.18. The number of ether oxygens (including phenoxy) is 1. The van der Waals surface area contributed by atoms with Crippen molar-refractivity contribution in [2.24, 2.45) is 0 Å². The highest BCUT2D eigenvalue weighted by Gasteiger charge is 2.36. The van der Waals surface area contributed by atoms with Gasteiger partial charge in [-0.1, -0.05) is 18.9 Å². The average Bonchev–Trinajstić information content (AvgIpc) is 2.92. The van der Waals surface area contributed by atoms with Gasteiger partial charge in [-0.05, 0) is 68.9 Å². The minimum Gasteiger partial charge on any atom is -0.468 e. The van der Waals surface area contributed by atoms with Gasteiger partial charge < -0.3 is 19.7 Å². The van der Waals surface area contributed by atoms with Crippen LogP contribution in [-0.4, -0.2) is 77.7 Å². The summed E-state index contributed by atoms with van der Waals surface area (Å²) in [6.45, 7) is 8.45. The summed E-state index contributed by atoms with van der Waals surface area (Å²) in [6, 6.07) is 7.59. The summed E-state index contributed by atoms with van der Waals surface area (Å²) in [5.74, 6) is 1.24. The summed E-state index contributed by atoms with van der Waals surface area (Å²) in [5, 5.41) is 2.97. The standard InChI is InChI=1S/C26H37F2N5OS2.C3H6O2/c1-5-35-32-20-6-7-21(22(17-20)33-12-14-36(3,4)15-13-33)25(34)31-23-16-18(2)29-24(30-23)19-8-10-26(27,28)11-9-19;1-2-5-3-4/h6-7,16-17,19,32H,5,8-15H2,1-4H3,(H,29,30,31,34);3H,2H2,1H3. The second-order valence-electron chi connectivity index (χ2n) is 10.8. The smallest absolute Gasteiger partial charge is 0.293 e. The molecule has 0 atom stereocenters. The number of nitrogens with one attached hydrogen (secondary N) is 2. The van der Waals surface area contributed by atoms with E-state index in [1.807, 2.05) is 19.1 Å². The van der Waals surface area contributed by atoms with E-state index in [2.05, 4.69) is 55.1 Å². The SMILES string of the molecule is CCOC=O.CCSNc1ccc(C(=O)Nc2cc(C)nc(C3CCC(F)(F)CC3)n2)c(N2CCS(C)(C)CC2)c1. The predicted octanol–water partition coefficient (Wildman–Crippen LogP) is 6.47. The number of hydrogen-bond donors (Lipinski definition) is 2. The summed E-state index contributed by atoms with van der Waals surface area (Å²) in [7, 11) is -0.583. The molecule has 1 aliphatic carbocycles. The highest BCUT2D eigenvalue weighted by molar-refractivity contribution is 8.32. The van der Waals surface area contributed by atoms with E-state index in [1.54, 1.807) is 24.9 Å². The molecule has 228 valence electrons. The highest BCUT2D eigenvalue weighted by Crippen LogP contribution is 2.43. The molecule has 12 heteroatoms. The monoisotopic (exact) mass is 611 g/mol.